The molecule has 0 spiro atoms. The summed E-state index contributed by atoms with van der Waals surface area (Å²) in [4.78, 5) is 23.5. The van der Waals surface area contributed by atoms with Crippen LogP contribution in [0, 0.1) is 5.92 Å². The van der Waals surface area contributed by atoms with Gasteiger partial charge in [0.2, 0.25) is 5.91 Å². The molecule has 8 heteroatoms. The number of nitrogens with zero attached hydrogens (tertiary/aromatic N) is 3. The van der Waals surface area contributed by atoms with Gasteiger partial charge in [-0.25, -0.2) is 4.79 Å². The summed E-state index contributed by atoms with van der Waals surface area (Å²) in [5.41, 5.74) is 6.90. The molecule has 0 saturated heterocycles. The fourth-order valence-electron chi connectivity index (χ4n) is 2.73. The molecule has 0 bridgehead atoms. The van der Waals surface area contributed by atoms with Crippen LogP contribution < -0.4 is 11.1 Å². The molecule has 0 aliphatic heterocycles. The van der Waals surface area contributed by atoms with Crippen molar-refractivity contribution in [3.8, 4) is 17.1 Å². The lowest BCUT2D eigenvalue weighted by Gasteiger charge is -2.19. The number of urea groups is 1. The first kappa shape index (κ1) is 19.6. The molecule has 2 aromatic carbocycles. The molecule has 3 N–H and O–H groups in total. The lowest BCUT2D eigenvalue weighted by Crippen LogP contribution is -2.42. The standard InChI is InChI=1S/C20H21N5O2S/c1-13(2)16(18(26)22-19(21)27)28-20-24-23-17(14-9-5-3-6-10-14)25(20)15-11-7-4-8-12-15/h3-13,16H,1-2H3,(H3,21,22,26,27)/t16-/m1/s1. The van der Waals surface area contributed by atoms with E-state index in [1.807, 2.05) is 79.1 Å². The Morgan fingerprint density at radius 2 is 1.61 bits per heavy atom. The van der Waals surface area contributed by atoms with Gasteiger partial charge in [-0.05, 0) is 18.1 Å². The molecule has 1 heterocycles. The first-order valence-electron chi connectivity index (χ1n) is 8.80. The van der Waals surface area contributed by atoms with Gasteiger partial charge < -0.3 is 5.73 Å². The van der Waals surface area contributed by atoms with Crippen LogP contribution in [0.1, 0.15) is 13.8 Å². The number of carbonyl (C=O) groups excluding carboxylic acids is 2. The van der Waals surface area contributed by atoms with Gasteiger partial charge in [0.25, 0.3) is 0 Å². The van der Waals surface area contributed by atoms with Crippen molar-refractivity contribution in [3.63, 3.8) is 0 Å². The minimum Gasteiger partial charge on any atom is -0.351 e. The minimum atomic E-state index is -0.870. The summed E-state index contributed by atoms with van der Waals surface area (Å²) < 4.78 is 1.91. The van der Waals surface area contributed by atoms with Gasteiger partial charge in [0.15, 0.2) is 11.0 Å². The largest absolute Gasteiger partial charge is 0.351 e. The smallest absolute Gasteiger partial charge is 0.318 e. The number of primary amides is 1. The van der Waals surface area contributed by atoms with E-state index in [4.69, 9.17) is 5.73 Å². The molecule has 0 saturated carbocycles. The second-order valence-electron chi connectivity index (χ2n) is 6.48. The summed E-state index contributed by atoms with van der Waals surface area (Å²) >= 11 is 1.25. The van der Waals surface area contributed by atoms with Crippen molar-refractivity contribution in [2.75, 3.05) is 0 Å². The molecule has 0 radical (unpaired) electrons. The molecule has 0 fully saturated rings. The maximum Gasteiger partial charge on any atom is 0.318 e. The monoisotopic (exact) mass is 395 g/mol. The van der Waals surface area contributed by atoms with Gasteiger partial charge in [0.05, 0.1) is 5.25 Å². The maximum absolute atomic E-state index is 12.4. The molecule has 1 aromatic heterocycles. The van der Waals surface area contributed by atoms with Gasteiger partial charge in [0.1, 0.15) is 0 Å². The van der Waals surface area contributed by atoms with Crippen LogP contribution in [0.25, 0.3) is 17.1 Å². The van der Waals surface area contributed by atoms with Crippen LogP contribution in [0.5, 0.6) is 0 Å². The van der Waals surface area contributed by atoms with Crippen molar-refractivity contribution in [1.82, 2.24) is 20.1 Å². The van der Waals surface area contributed by atoms with E-state index in [0.717, 1.165) is 11.3 Å². The van der Waals surface area contributed by atoms with Crippen LogP contribution in [0.4, 0.5) is 4.79 Å². The fourth-order valence-corrected chi connectivity index (χ4v) is 3.78. The summed E-state index contributed by atoms with van der Waals surface area (Å²) in [6.07, 6.45) is 0. The highest BCUT2D eigenvalue weighted by Gasteiger charge is 2.28. The van der Waals surface area contributed by atoms with Gasteiger partial charge >= 0.3 is 6.03 Å². The van der Waals surface area contributed by atoms with Crippen molar-refractivity contribution < 1.29 is 9.59 Å². The molecular weight excluding hydrogens is 374 g/mol. The fraction of sp³-hybridized carbons (Fsp3) is 0.200. The number of amides is 3. The van der Waals surface area contributed by atoms with E-state index in [1.165, 1.54) is 11.8 Å². The number of imide groups is 1. The highest BCUT2D eigenvalue weighted by atomic mass is 32.2. The number of nitrogens with one attached hydrogen (secondary N) is 1. The van der Waals surface area contributed by atoms with E-state index in [9.17, 15) is 9.59 Å². The number of aromatic nitrogens is 3. The second-order valence-corrected chi connectivity index (χ2v) is 7.59. The number of para-hydroxylation sites is 1. The van der Waals surface area contributed by atoms with Crippen molar-refractivity contribution in [3.05, 3.63) is 60.7 Å². The van der Waals surface area contributed by atoms with E-state index in [2.05, 4.69) is 15.5 Å². The van der Waals surface area contributed by atoms with E-state index >= 15 is 0 Å². The van der Waals surface area contributed by atoms with E-state index in [1.54, 1.807) is 0 Å². The zero-order valence-electron chi connectivity index (χ0n) is 15.6. The normalized spacial score (nSPS) is 12.0. The molecule has 3 aromatic rings. The highest BCUT2D eigenvalue weighted by Crippen LogP contribution is 2.32. The number of hydrogen-bond acceptors (Lipinski definition) is 5. The van der Waals surface area contributed by atoms with Crippen LogP contribution in [0.15, 0.2) is 65.8 Å². The average molecular weight is 395 g/mol. The van der Waals surface area contributed by atoms with Crippen molar-refractivity contribution in [2.45, 2.75) is 24.3 Å². The number of nitrogens with two attached hydrogens (primary N) is 1. The summed E-state index contributed by atoms with van der Waals surface area (Å²) in [5.74, 6) is 0.175. The number of rotatable bonds is 6. The van der Waals surface area contributed by atoms with Crippen LogP contribution in [-0.2, 0) is 4.79 Å². The Labute approximate surface area is 167 Å². The van der Waals surface area contributed by atoms with Crippen molar-refractivity contribution in [2.24, 2.45) is 11.7 Å². The predicted molar refractivity (Wildman–Crippen MR) is 109 cm³/mol. The van der Waals surface area contributed by atoms with Gasteiger partial charge in [0, 0.05) is 11.3 Å². The van der Waals surface area contributed by atoms with Crippen LogP contribution in [-0.4, -0.2) is 32.0 Å². The summed E-state index contributed by atoms with van der Waals surface area (Å²) in [6, 6.07) is 18.5. The summed E-state index contributed by atoms with van der Waals surface area (Å²) in [6.45, 7) is 3.80. The Morgan fingerprint density at radius 3 is 2.18 bits per heavy atom. The highest BCUT2D eigenvalue weighted by molar-refractivity contribution is 8.00. The Balaban J connectivity index is 2.05. The Kier molecular flexibility index (Phi) is 6.10. The van der Waals surface area contributed by atoms with Crippen LogP contribution in [0.2, 0.25) is 0 Å². The first-order chi connectivity index (χ1) is 13.5. The van der Waals surface area contributed by atoms with Gasteiger partial charge in [-0.2, -0.15) is 0 Å². The number of hydrogen-bond donors (Lipinski definition) is 2. The Hall–Kier alpha value is -3.13. The molecule has 7 nitrogen and oxygen atoms in total. The van der Waals surface area contributed by atoms with Crippen molar-refractivity contribution >= 4 is 23.7 Å². The van der Waals surface area contributed by atoms with E-state index in [-0.39, 0.29) is 5.92 Å². The summed E-state index contributed by atoms with van der Waals surface area (Å²) in [5, 5.41) is 10.9. The lowest BCUT2D eigenvalue weighted by atomic mass is 10.1. The first-order valence-corrected chi connectivity index (χ1v) is 9.68. The Bertz CT molecular complexity index is 957. The predicted octanol–water partition coefficient (Wildman–Crippen LogP) is 3.25. The molecule has 0 unspecified atom stereocenters. The van der Waals surface area contributed by atoms with E-state index in [0.29, 0.717) is 11.0 Å². The zero-order chi connectivity index (χ0) is 20.1. The molecule has 3 rings (SSSR count). The second kappa shape index (κ2) is 8.71. The zero-order valence-corrected chi connectivity index (χ0v) is 16.4. The minimum absolute atomic E-state index is 0.0505. The Morgan fingerprint density at radius 1 is 1.00 bits per heavy atom. The number of carbonyl (C=O) groups is 2. The molecule has 28 heavy (non-hydrogen) atoms. The number of thioether (sulfide) groups is 1. The lowest BCUT2D eigenvalue weighted by molar-refractivity contribution is -0.120. The molecule has 3 amide bonds. The van der Waals surface area contributed by atoms with Gasteiger partial charge in [-0.15, -0.1) is 10.2 Å². The maximum atomic E-state index is 12.4. The molecule has 1 atom stereocenters. The quantitative estimate of drug-likeness (QED) is 0.624. The number of benzene rings is 2. The summed E-state index contributed by atoms with van der Waals surface area (Å²) in [7, 11) is 0. The van der Waals surface area contributed by atoms with Gasteiger partial charge in [-0.3, -0.25) is 14.7 Å². The van der Waals surface area contributed by atoms with Crippen LogP contribution >= 0.6 is 11.8 Å². The molecular formula is C20H21N5O2S. The SMILES string of the molecule is CC(C)[C@@H](Sc1nnc(-c2ccccc2)n1-c1ccccc1)C(=O)NC(N)=O. The third-order valence-corrected chi connectivity index (χ3v) is 5.51. The van der Waals surface area contributed by atoms with Crippen molar-refractivity contribution in [1.29, 1.82) is 0 Å². The molecule has 0 aliphatic carbocycles. The third kappa shape index (κ3) is 4.40. The van der Waals surface area contributed by atoms with E-state index < -0.39 is 17.2 Å². The molecule has 144 valence electrons. The molecule has 0 aliphatic rings. The van der Waals surface area contributed by atoms with Gasteiger partial charge in [-0.1, -0.05) is 74.1 Å². The third-order valence-electron chi connectivity index (χ3n) is 4.02. The average Bonchev–Trinajstić information content (AvgIpc) is 3.10. The van der Waals surface area contributed by atoms with Crippen LogP contribution in [0.3, 0.4) is 0 Å². The topological polar surface area (TPSA) is 103 Å².